The quantitative estimate of drug-likeness (QED) is 0.855. The zero-order valence-corrected chi connectivity index (χ0v) is 11.7. The van der Waals surface area contributed by atoms with Gasteiger partial charge in [-0.05, 0) is 30.5 Å². The molecule has 5 heteroatoms. The molecule has 0 unspecified atom stereocenters. The van der Waals surface area contributed by atoms with Gasteiger partial charge in [0.15, 0.2) is 0 Å². The first-order valence-corrected chi connectivity index (χ1v) is 6.64. The average molecular weight is 288 g/mol. The molecule has 0 aromatic heterocycles. The number of benzene rings is 1. The summed E-state index contributed by atoms with van der Waals surface area (Å²) in [6.07, 6.45) is 1.49. The number of carbonyl (C=O) groups is 1. The van der Waals surface area contributed by atoms with Crippen LogP contribution in [-0.4, -0.2) is 30.6 Å². The lowest BCUT2D eigenvalue weighted by molar-refractivity contribution is -0.140. The van der Waals surface area contributed by atoms with Gasteiger partial charge in [-0.3, -0.25) is 4.79 Å². The standard InChI is InChI=1S/C13H15Cl2NO2/c1-16(13(17)12-3-2-6-18-12)8-9-4-5-10(14)11(15)7-9/h4-5,7,12H,2-3,6,8H2,1H3/t12-/m1/s1. The smallest absolute Gasteiger partial charge is 0.251 e. The predicted octanol–water partition coefficient (Wildman–Crippen LogP) is 3.13. The fourth-order valence-electron chi connectivity index (χ4n) is 2.01. The summed E-state index contributed by atoms with van der Waals surface area (Å²) in [6, 6.07) is 5.39. The van der Waals surface area contributed by atoms with Gasteiger partial charge in [0, 0.05) is 20.2 Å². The molecule has 98 valence electrons. The van der Waals surface area contributed by atoms with E-state index < -0.39 is 0 Å². The van der Waals surface area contributed by atoms with Crippen LogP contribution >= 0.6 is 23.2 Å². The Morgan fingerprint density at radius 3 is 2.83 bits per heavy atom. The number of hydrogen-bond acceptors (Lipinski definition) is 2. The Morgan fingerprint density at radius 1 is 1.44 bits per heavy atom. The van der Waals surface area contributed by atoms with Crippen LogP contribution in [0.25, 0.3) is 0 Å². The van der Waals surface area contributed by atoms with Crippen molar-refractivity contribution in [1.29, 1.82) is 0 Å². The van der Waals surface area contributed by atoms with E-state index in [0.29, 0.717) is 23.2 Å². The fourth-order valence-corrected chi connectivity index (χ4v) is 2.33. The van der Waals surface area contributed by atoms with E-state index in [2.05, 4.69) is 0 Å². The van der Waals surface area contributed by atoms with Gasteiger partial charge in [0.2, 0.25) is 0 Å². The van der Waals surface area contributed by atoms with Crippen LogP contribution in [-0.2, 0) is 16.1 Å². The number of amides is 1. The summed E-state index contributed by atoms with van der Waals surface area (Å²) in [5.41, 5.74) is 0.957. The lowest BCUT2D eigenvalue weighted by Crippen LogP contribution is -2.35. The molecule has 1 saturated heterocycles. The minimum Gasteiger partial charge on any atom is -0.368 e. The minimum absolute atomic E-state index is 0.0265. The van der Waals surface area contributed by atoms with Gasteiger partial charge in [0.05, 0.1) is 10.0 Å². The summed E-state index contributed by atoms with van der Waals surface area (Å²) in [4.78, 5) is 13.7. The van der Waals surface area contributed by atoms with E-state index in [9.17, 15) is 4.79 Å². The first-order valence-electron chi connectivity index (χ1n) is 5.88. The van der Waals surface area contributed by atoms with E-state index in [0.717, 1.165) is 18.4 Å². The molecule has 0 radical (unpaired) electrons. The molecule has 1 aromatic rings. The number of hydrogen-bond donors (Lipinski definition) is 0. The van der Waals surface area contributed by atoms with Crippen molar-refractivity contribution in [3.63, 3.8) is 0 Å². The second-order valence-electron chi connectivity index (χ2n) is 4.44. The number of ether oxygens (including phenoxy) is 1. The molecule has 1 atom stereocenters. The predicted molar refractivity (Wildman–Crippen MR) is 71.9 cm³/mol. The first-order chi connectivity index (χ1) is 8.58. The third kappa shape index (κ3) is 3.16. The van der Waals surface area contributed by atoms with Crippen LogP contribution in [0.15, 0.2) is 18.2 Å². The monoisotopic (exact) mass is 287 g/mol. The molecule has 1 aromatic carbocycles. The topological polar surface area (TPSA) is 29.5 Å². The molecular weight excluding hydrogens is 273 g/mol. The maximum atomic E-state index is 12.0. The molecule has 1 amide bonds. The lowest BCUT2D eigenvalue weighted by atomic mass is 10.2. The second-order valence-corrected chi connectivity index (χ2v) is 5.26. The average Bonchev–Trinajstić information content (AvgIpc) is 2.86. The largest absolute Gasteiger partial charge is 0.368 e. The number of carbonyl (C=O) groups excluding carboxylic acids is 1. The van der Waals surface area contributed by atoms with Crippen molar-refractivity contribution in [2.24, 2.45) is 0 Å². The fraction of sp³-hybridized carbons (Fsp3) is 0.462. The summed E-state index contributed by atoms with van der Waals surface area (Å²) in [5.74, 6) is 0.0265. The Labute approximate surface area is 117 Å². The van der Waals surface area contributed by atoms with Crippen LogP contribution in [0.4, 0.5) is 0 Å². The third-order valence-corrected chi connectivity index (χ3v) is 3.72. The summed E-state index contributed by atoms with van der Waals surface area (Å²) in [6.45, 7) is 1.19. The summed E-state index contributed by atoms with van der Waals surface area (Å²) in [5, 5.41) is 1.03. The summed E-state index contributed by atoms with van der Waals surface area (Å²) >= 11 is 11.8. The third-order valence-electron chi connectivity index (χ3n) is 2.99. The second kappa shape index (κ2) is 5.91. The number of rotatable bonds is 3. The Morgan fingerprint density at radius 2 is 2.22 bits per heavy atom. The molecule has 3 nitrogen and oxygen atoms in total. The maximum Gasteiger partial charge on any atom is 0.251 e. The highest BCUT2D eigenvalue weighted by Gasteiger charge is 2.26. The van der Waals surface area contributed by atoms with Crippen molar-refractivity contribution < 1.29 is 9.53 Å². The highest BCUT2D eigenvalue weighted by molar-refractivity contribution is 6.42. The number of likely N-dealkylation sites (N-methyl/N-ethyl adjacent to an activating group) is 1. The zero-order chi connectivity index (χ0) is 13.1. The molecule has 18 heavy (non-hydrogen) atoms. The van der Waals surface area contributed by atoms with Gasteiger partial charge >= 0.3 is 0 Å². The number of nitrogens with zero attached hydrogens (tertiary/aromatic N) is 1. The van der Waals surface area contributed by atoms with Crippen molar-refractivity contribution in [3.05, 3.63) is 33.8 Å². The van der Waals surface area contributed by atoms with E-state index in [4.69, 9.17) is 27.9 Å². The van der Waals surface area contributed by atoms with Crippen LogP contribution in [0.3, 0.4) is 0 Å². The van der Waals surface area contributed by atoms with Crippen molar-refractivity contribution in [2.75, 3.05) is 13.7 Å². The van der Waals surface area contributed by atoms with E-state index >= 15 is 0 Å². The van der Waals surface area contributed by atoms with E-state index in [1.54, 1.807) is 24.1 Å². The van der Waals surface area contributed by atoms with Gasteiger partial charge in [-0.15, -0.1) is 0 Å². The molecule has 1 fully saturated rings. The van der Waals surface area contributed by atoms with Crippen LogP contribution in [0.2, 0.25) is 10.0 Å². The normalized spacial score (nSPS) is 18.9. The van der Waals surface area contributed by atoms with Crippen molar-refractivity contribution in [3.8, 4) is 0 Å². The summed E-state index contributed by atoms with van der Waals surface area (Å²) in [7, 11) is 1.77. The van der Waals surface area contributed by atoms with Crippen molar-refractivity contribution in [2.45, 2.75) is 25.5 Å². The molecule has 1 heterocycles. The van der Waals surface area contributed by atoms with Crippen molar-refractivity contribution >= 4 is 29.1 Å². The molecule has 0 N–H and O–H groups in total. The van der Waals surface area contributed by atoms with Crippen LogP contribution in [0.1, 0.15) is 18.4 Å². The van der Waals surface area contributed by atoms with Crippen molar-refractivity contribution in [1.82, 2.24) is 4.90 Å². The summed E-state index contributed by atoms with van der Waals surface area (Å²) < 4.78 is 5.38. The molecule has 0 bridgehead atoms. The zero-order valence-electron chi connectivity index (χ0n) is 10.2. The highest BCUT2D eigenvalue weighted by Crippen LogP contribution is 2.23. The Balaban J connectivity index is 1.99. The highest BCUT2D eigenvalue weighted by atomic mass is 35.5. The molecule has 0 aliphatic carbocycles. The van der Waals surface area contributed by atoms with Gasteiger partial charge in [-0.25, -0.2) is 0 Å². The van der Waals surface area contributed by atoms with Crippen LogP contribution in [0.5, 0.6) is 0 Å². The molecule has 0 spiro atoms. The van der Waals surface area contributed by atoms with Gasteiger partial charge < -0.3 is 9.64 Å². The van der Waals surface area contributed by atoms with E-state index in [-0.39, 0.29) is 12.0 Å². The van der Waals surface area contributed by atoms with E-state index in [1.807, 2.05) is 6.07 Å². The molecule has 1 aliphatic heterocycles. The van der Waals surface area contributed by atoms with Gasteiger partial charge in [-0.2, -0.15) is 0 Å². The van der Waals surface area contributed by atoms with Gasteiger partial charge in [0.25, 0.3) is 5.91 Å². The lowest BCUT2D eigenvalue weighted by Gasteiger charge is -2.20. The molecular formula is C13H15Cl2NO2. The van der Waals surface area contributed by atoms with Crippen LogP contribution < -0.4 is 0 Å². The first kappa shape index (κ1) is 13.7. The van der Waals surface area contributed by atoms with Gasteiger partial charge in [0.1, 0.15) is 6.10 Å². The SMILES string of the molecule is CN(Cc1ccc(Cl)c(Cl)c1)C(=O)[C@H]1CCCO1. The van der Waals surface area contributed by atoms with Gasteiger partial charge in [-0.1, -0.05) is 29.3 Å². The number of halogens is 2. The minimum atomic E-state index is -0.280. The Hall–Kier alpha value is -0.770. The maximum absolute atomic E-state index is 12.0. The molecule has 2 rings (SSSR count). The molecule has 0 saturated carbocycles. The Bertz CT molecular complexity index is 445. The molecule has 1 aliphatic rings. The Kier molecular flexibility index (Phi) is 4.49. The van der Waals surface area contributed by atoms with Crippen LogP contribution in [0, 0.1) is 0 Å². The van der Waals surface area contributed by atoms with E-state index in [1.165, 1.54) is 0 Å².